The van der Waals surface area contributed by atoms with Crippen LogP contribution in [0.2, 0.25) is 0 Å². The van der Waals surface area contributed by atoms with Gasteiger partial charge in [-0.3, -0.25) is 4.79 Å². The van der Waals surface area contributed by atoms with Gasteiger partial charge in [-0.25, -0.2) is 0 Å². The molecule has 1 amide bonds. The number of methoxy groups -OCH3 is 1. The number of nitrogens with one attached hydrogen (secondary N) is 1. The van der Waals surface area contributed by atoms with E-state index in [-0.39, 0.29) is 11.4 Å². The molecule has 0 atom stereocenters. The highest BCUT2D eigenvalue weighted by Gasteiger charge is 2.25. The Balaban J connectivity index is 2.90. The molecule has 0 radical (unpaired) electrons. The lowest BCUT2D eigenvalue weighted by Crippen LogP contribution is -2.49. The Bertz CT molecular complexity index is 392. The second kappa shape index (κ2) is 6.40. The van der Waals surface area contributed by atoms with Gasteiger partial charge in [-0.2, -0.15) is 0 Å². The van der Waals surface area contributed by atoms with E-state index in [0.29, 0.717) is 22.0 Å². The third-order valence-corrected chi connectivity index (χ3v) is 4.83. The monoisotopic (exact) mass is 363 g/mol. The smallest absolute Gasteiger partial charge is 0.255 e. The van der Waals surface area contributed by atoms with E-state index in [4.69, 9.17) is 4.74 Å². The van der Waals surface area contributed by atoms with Crippen LogP contribution in [-0.4, -0.2) is 29.2 Å². The zero-order chi connectivity index (χ0) is 12.9. The molecule has 1 aromatic carbocycles. The third kappa shape index (κ3) is 3.71. The molecule has 0 saturated carbocycles. The maximum atomic E-state index is 12.1. The maximum Gasteiger partial charge on any atom is 0.255 e. The van der Waals surface area contributed by atoms with Gasteiger partial charge in [-0.15, -0.1) is 0 Å². The third-order valence-electron chi connectivity index (χ3n) is 2.36. The minimum absolute atomic E-state index is 0.135. The van der Waals surface area contributed by atoms with Crippen LogP contribution in [-0.2, 0) is 0 Å². The molecule has 3 nitrogen and oxygen atoms in total. The van der Waals surface area contributed by atoms with E-state index >= 15 is 0 Å². The molecule has 0 heterocycles. The minimum atomic E-state index is -0.321. The number of carbonyl (C=O) groups is 1. The topological polar surface area (TPSA) is 38.3 Å². The highest BCUT2D eigenvalue weighted by molar-refractivity contribution is 9.09. The Morgan fingerprint density at radius 3 is 2.47 bits per heavy atom. The number of amides is 1. The van der Waals surface area contributed by atoms with Gasteiger partial charge in [0, 0.05) is 10.7 Å². The average Bonchev–Trinajstić information content (AvgIpc) is 2.38. The lowest BCUT2D eigenvalue weighted by Gasteiger charge is -2.26. The van der Waals surface area contributed by atoms with Crippen molar-refractivity contribution in [1.82, 2.24) is 5.32 Å². The van der Waals surface area contributed by atoms with E-state index in [2.05, 4.69) is 37.2 Å². The first kappa shape index (κ1) is 14.5. The SMILES string of the molecule is COc1ccccc1C(=O)NC(C)(CBr)CBr. The van der Waals surface area contributed by atoms with Gasteiger partial charge in [0.1, 0.15) is 5.75 Å². The fourth-order valence-electron chi connectivity index (χ4n) is 1.28. The van der Waals surface area contributed by atoms with Gasteiger partial charge < -0.3 is 10.1 Å². The fraction of sp³-hybridized carbons (Fsp3) is 0.417. The second-order valence-corrected chi connectivity index (χ2v) is 5.10. The first-order valence-electron chi connectivity index (χ1n) is 5.14. The van der Waals surface area contributed by atoms with Gasteiger partial charge in [0.25, 0.3) is 5.91 Å². The summed E-state index contributed by atoms with van der Waals surface area (Å²) in [5.41, 5.74) is 0.223. The van der Waals surface area contributed by atoms with Crippen molar-refractivity contribution in [1.29, 1.82) is 0 Å². The van der Waals surface area contributed by atoms with Gasteiger partial charge in [0.15, 0.2) is 0 Å². The summed E-state index contributed by atoms with van der Waals surface area (Å²) < 4.78 is 5.16. The van der Waals surface area contributed by atoms with E-state index in [1.165, 1.54) is 0 Å². The average molecular weight is 365 g/mol. The van der Waals surface area contributed by atoms with E-state index in [0.717, 1.165) is 0 Å². The molecule has 1 aromatic rings. The largest absolute Gasteiger partial charge is 0.496 e. The molecule has 0 aliphatic carbocycles. The molecule has 0 bridgehead atoms. The van der Waals surface area contributed by atoms with Gasteiger partial charge in [-0.05, 0) is 19.1 Å². The zero-order valence-electron chi connectivity index (χ0n) is 9.80. The van der Waals surface area contributed by atoms with Crippen molar-refractivity contribution in [3.8, 4) is 5.75 Å². The van der Waals surface area contributed by atoms with Crippen LogP contribution >= 0.6 is 31.9 Å². The van der Waals surface area contributed by atoms with Crippen molar-refractivity contribution in [2.24, 2.45) is 0 Å². The van der Waals surface area contributed by atoms with Gasteiger partial charge in [-0.1, -0.05) is 44.0 Å². The maximum absolute atomic E-state index is 12.1. The molecule has 0 aromatic heterocycles. The number of ether oxygens (including phenoxy) is 1. The van der Waals surface area contributed by atoms with E-state index in [9.17, 15) is 4.79 Å². The first-order chi connectivity index (χ1) is 8.06. The van der Waals surface area contributed by atoms with E-state index in [1.807, 2.05) is 19.1 Å². The van der Waals surface area contributed by atoms with Crippen LogP contribution in [0.4, 0.5) is 0 Å². The number of alkyl halides is 2. The molecule has 94 valence electrons. The van der Waals surface area contributed by atoms with E-state index in [1.54, 1.807) is 19.2 Å². The Morgan fingerprint density at radius 2 is 1.94 bits per heavy atom. The van der Waals surface area contributed by atoms with Gasteiger partial charge >= 0.3 is 0 Å². The molecular formula is C12H15Br2NO2. The predicted molar refractivity (Wildman–Crippen MR) is 76.5 cm³/mol. The van der Waals surface area contributed by atoms with Gasteiger partial charge in [0.05, 0.1) is 18.2 Å². The lowest BCUT2D eigenvalue weighted by molar-refractivity contribution is 0.0920. The zero-order valence-corrected chi connectivity index (χ0v) is 13.0. The van der Waals surface area contributed by atoms with Crippen LogP contribution in [0.15, 0.2) is 24.3 Å². The summed E-state index contributed by atoms with van der Waals surface area (Å²) >= 11 is 6.79. The number of para-hydroxylation sites is 1. The van der Waals surface area contributed by atoms with Crippen molar-refractivity contribution in [2.45, 2.75) is 12.5 Å². The summed E-state index contributed by atoms with van der Waals surface area (Å²) in [6, 6.07) is 7.17. The fourth-order valence-corrected chi connectivity index (χ4v) is 2.49. The molecule has 0 spiro atoms. The molecule has 0 unspecified atom stereocenters. The summed E-state index contributed by atoms with van der Waals surface area (Å²) in [6.07, 6.45) is 0. The molecule has 1 rings (SSSR count). The van der Waals surface area contributed by atoms with E-state index < -0.39 is 0 Å². The minimum Gasteiger partial charge on any atom is -0.496 e. The molecule has 0 saturated heterocycles. The number of rotatable bonds is 5. The van der Waals surface area contributed by atoms with Crippen LogP contribution in [0.3, 0.4) is 0 Å². The normalized spacial score (nSPS) is 11.1. The highest BCUT2D eigenvalue weighted by Crippen LogP contribution is 2.19. The Kier molecular flexibility index (Phi) is 5.46. The Labute approximate surface area is 118 Å². The highest BCUT2D eigenvalue weighted by atomic mass is 79.9. The number of carbonyl (C=O) groups excluding carboxylic acids is 1. The van der Waals surface area contributed by atoms with Crippen molar-refractivity contribution in [3.05, 3.63) is 29.8 Å². The summed E-state index contributed by atoms with van der Waals surface area (Å²) in [4.78, 5) is 12.1. The molecule has 5 heteroatoms. The van der Waals surface area contributed by atoms with Crippen LogP contribution in [0.25, 0.3) is 0 Å². The van der Waals surface area contributed by atoms with Crippen molar-refractivity contribution < 1.29 is 9.53 Å². The standard InChI is InChI=1S/C12H15Br2NO2/c1-12(7-13,8-14)15-11(16)9-5-3-4-6-10(9)17-2/h3-6H,7-8H2,1-2H3,(H,15,16). The summed E-state index contributed by atoms with van der Waals surface area (Å²) in [6.45, 7) is 1.96. The summed E-state index contributed by atoms with van der Waals surface area (Å²) in [5.74, 6) is 0.445. The van der Waals surface area contributed by atoms with Crippen molar-refractivity contribution >= 4 is 37.8 Å². The lowest BCUT2D eigenvalue weighted by atomic mass is 10.1. The van der Waals surface area contributed by atoms with Gasteiger partial charge in [0.2, 0.25) is 0 Å². The molecule has 0 aliphatic rings. The van der Waals surface area contributed by atoms with Crippen LogP contribution in [0, 0.1) is 0 Å². The first-order valence-corrected chi connectivity index (χ1v) is 7.38. The van der Waals surface area contributed by atoms with Crippen molar-refractivity contribution in [2.75, 3.05) is 17.8 Å². The molecule has 1 N–H and O–H groups in total. The Morgan fingerprint density at radius 1 is 1.35 bits per heavy atom. The quantitative estimate of drug-likeness (QED) is 0.815. The van der Waals surface area contributed by atoms with Crippen LogP contribution in [0.5, 0.6) is 5.75 Å². The summed E-state index contributed by atoms with van der Waals surface area (Å²) in [5, 5.41) is 4.32. The second-order valence-electron chi connectivity index (χ2n) is 3.98. The summed E-state index contributed by atoms with van der Waals surface area (Å²) in [7, 11) is 1.56. The van der Waals surface area contributed by atoms with Crippen molar-refractivity contribution in [3.63, 3.8) is 0 Å². The number of halogens is 2. The molecule has 0 aliphatic heterocycles. The Hall–Kier alpha value is -0.550. The number of hydrogen-bond acceptors (Lipinski definition) is 2. The van der Waals surface area contributed by atoms with Crippen LogP contribution < -0.4 is 10.1 Å². The molecule has 0 fully saturated rings. The predicted octanol–water partition coefficient (Wildman–Crippen LogP) is 2.97. The van der Waals surface area contributed by atoms with Crippen LogP contribution in [0.1, 0.15) is 17.3 Å². The molecule has 17 heavy (non-hydrogen) atoms. The molecular weight excluding hydrogens is 350 g/mol. The number of benzene rings is 1. The number of hydrogen-bond donors (Lipinski definition) is 1.